The molecule has 9 heteroatoms. The van der Waals surface area contributed by atoms with Gasteiger partial charge in [-0.3, -0.25) is 9.36 Å². The largest absolute Gasteiger partial charge is 0.496 e. The van der Waals surface area contributed by atoms with Crippen LogP contribution in [0.1, 0.15) is 46.1 Å². The van der Waals surface area contributed by atoms with E-state index in [1.54, 1.807) is 50.2 Å². The second kappa shape index (κ2) is 9.01. The van der Waals surface area contributed by atoms with Gasteiger partial charge in [-0.1, -0.05) is 36.4 Å². The first-order valence-electron chi connectivity index (χ1n) is 13.5. The van der Waals surface area contributed by atoms with Crippen LogP contribution in [-0.2, 0) is 24.2 Å². The van der Waals surface area contributed by atoms with E-state index in [1.807, 2.05) is 36.4 Å². The van der Waals surface area contributed by atoms with Crippen LogP contribution in [0, 0.1) is 0 Å². The van der Waals surface area contributed by atoms with E-state index in [2.05, 4.69) is 0 Å². The second-order valence-electron chi connectivity index (χ2n) is 10.5. The molecule has 3 heterocycles. The lowest BCUT2D eigenvalue weighted by Crippen LogP contribution is -2.49. The number of hydrogen-bond donors (Lipinski definition) is 1. The highest BCUT2D eigenvalue weighted by molar-refractivity contribution is 5.69. The zero-order valence-corrected chi connectivity index (χ0v) is 23.3. The fourth-order valence-corrected chi connectivity index (χ4v) is 6.99. The molecule has 0 saturated heterocycles. The van der Waals surface area contributed by atoms with Crippen molar-refractivity contribution < 1.29 is 28.8 Å². The van der Waals surface area contributed by atoms with Gasteiger partial charge in [0.1, 0.15) is 23.1 Å². The third kappa shape index (κ3) is 3.15. The molecule has 0 saturated carbocycles. The van der Waals surface area contributed by atoms with Crippen LogP contribution in [0.5, 0.6) is 28.7 Å². The Bertz CT molecular complexity index is 1750. The Morgan fingerprint density at radius 2 is 1.68 bits per heavy atom. The summed E-state index contributed by atoms with van der Waals surface area (Å²) in [6.45, 7) is 0.579. The summed E-state index contributed by atoms with van der Waals surface area (Å²) in [6.07, 6.45) is 1.46. The number of aromatic nitrogens is 2. The van der Waals surface area contributed by atoms with Crippen LogP contribution in [0.4, 0.5) is 0 Å². The van der Waals surface area contributed by atoms with E-state index < -0.39 is 17.1 Å². The number of aliphatic hydroxyl groups is 1. The Balaban J connectivity index is 1.66. The maximum Gasteiger partial charge on any atom is 0.257 e. The molecule has 1 unspecified atom stereocenters. The molecular formula is C32H30N2O7. The molecule has 41 heavy (non-hydrogen) atoms. The van der Waals surface area contributed by atoms with E-state index in [-0.39, 0.29) is 11.3 Å². The number of aryl methyl sites for hydroxylation is 1. The summed E-state index contributed by atoms with van der Waals surface area (Å²) in [5, 5.41) is 13.4. The standard InChI is InChI=1S/C32H30N2O7/c1-37-20-16-23(40-4)28-24(17-20)41-32(19-12-13-21(38-2)22(15-19)39-3)27(18-9-6-5-7-10-18)26-29(31(28,32)36)33-25-11-8-14-34(25)30(26)35/h5-7,9-10,12-13,15-17,27,36H,8,11,14H2,1-4H3/t27?,31-,32-/m0/s1. The van der Waals surface area contributed by atoms with Gasteiger partial charge in [-0.15, -0.1) is 0 Å². The number of hydrogen-bond acceptors (Lipinski definition) is 8. The number of benzene rings is 3. The van der Waals surface area contributed by atoms with E-state index in [0.29, 0.717) is 64.2 Å². The Hall–Kier alpha value is -4.50. The van der Waals surface area contributed by atoms with Gasteiger partial charge in [0.15, 0.2) is 22.7 Å². The van der Waals surface area contributed by atoms with Crippen LogP contribution in [0.25, 0.3) is 0 Å². The van der Waals surface area contributed by atoms with Crippen molar-refractivity contribution in [1.82, 2.24) is 9.55 Å². The molecule has 3 aliphatic rings. The van der Waals surface area contributed by atoms with Crippen molar-refractivity contribution in [1.29, 1.82) is 0 Å². The maximum absolute atomic E-state index is 14.3. The minimum Gasteiger partial charge on any atom is -0.496 e. The van der Waals surface area contributed by atoms with Crippen LogP contribution in [-0.4, -0.2) is 43.1 Å². The van der Waals surface area contributed by atoms with E-state index in [9.17, 15) is 9.90 Å². The van der Waals surface area contributed by atoms with E-state index in [1.165, 1.54) is 7.11 Å². The molecule has 1 aliphatic carbocycles. The minimum absolute atomic E-state index is 0.170. The van der Waals surface area contributed by atoms with E-state index >= 15 is 0 Å². The van der Waals surface area contributed by atoms with Gasteiger partial charge in [-0.2, -0.15) is 0 Å². The Morgan fingerprint density at radius 3 is 2.39 bits per heavy atom. The lowest BCUT2D eigenvalue weighted by molar-refractivity contribution is -0.0911. The normalized spacial score (nSPS) is 23.2. The Kier molecular flexibility index (Phi) is 5.59. The molecule has 1 N–H and O–H groups in total. The van der Waals surface area contributed by atoms with Crippen LogP contribution in [0.15, 0.2) is 65.5 Å². The zero-order chi connectivity index (χ0) is 28.5. The molecule has 3 aromatic carbocycles. The lowest BCUT2D eigenvalue weighted by Gasteiger charge is -2.40. The van der Waals surface area contributed by atoms with Crippen molar-refractivity contribution in [3.05, 3.63) is 105 Å². The van der Waals surface area contributed by atoms with E-state index in [4.69, 9.17) is 28.7 Å². The van der Waals surface area contributed by atoms with Gasteiger partial charge in [0.05, 0.1) is 51.2 Å². The van der Waals surface area contributed by atoms with Crippen molar-refractivity contribution in [2.75, 3.05) is 28.4 Å². The quantitative estimate of drug-likeness (QED) is 0.383. The molecule has 0 amide bonds. The van der Waals surface area contributed by atoms with Gasteiger partial charge in [0.25, 0.3) is 5.56 Å². The summed E-state index contributed by atoms with van der Waals surface area (Å²) in [7, 11) is 6.21. The average molecular weight is 555 g/mol. The highest BCUT2D eigenvalue weighted by atomic mass is 16.5. The van der Waals surface area contributed by atoms with Crippen LogP contribution in [0.3, 0.4) is 0 Å². The second-order valence-corrected chi connectivity index (χ2v) is 10.5. The molecule has 0 bridgehead atoms. The zero-order valence-electron chi connectivity index (χ0n) is 23.3. The smallest absolute Gasteiger partial charge is 0.257 e. The number of rotatable bonds is 6. The van der Waals surface area contributed by atoms with Gasteiger partial charge in [0.2, 0.25) is 0 Å². The van der Waals surface area contributed by atoms with Crippen molar-refractivity contribution in [2.45, 2.75) is 36.5 Å². The highest BCUT2D eigenvalue weighted by Crippen LogP contribution is 2.69. The third-order valence-corrected chi connectivity index (χ3v) is 8.71. The number of fused-ring (bicyclic) bond motifs is 6. The average Bonchev–Trinajstić information content (AvgIpc) is 3.65. The molecule has 7 rings (SSSR count). The fourth-order valence-electron chi connectivity index (χ4n) is 6.99. The fraction of sp³-hybridized carbons (Fsp3) is 0.312. The van der Waals surface area contributed by atoms with Crippen LogP contribution < -0.4 is 29.2 Å². The van der Waals surface area contributed by atoms with Crippen LogP contribution in [0.2, 0.25) is 0 Å². The number of ether oxygens (including phenoxy) is 5. The molecule has 0 fully saturated rings. The predicted molar refractivity (Wildman–Crippen MR) is 149 cm³/mol. The molecule has 4 aromatic rings. The predicted octanol–water partition coefficient (Wildman–Crippen LogP) is 3.89. The summed E-state index contributed by atoms with van der Waals surface area (Å²) in [4.78, 5) is 19.4. The molecular weight excluding hydrogens is 524 g/mol. The molecule has 1 aromatic heterocycles. The molecule has 210 valence electrons. The molecule has 0 radical (unpaired) electrons. The van der Waals surface area contributed by atoms with Crippen LogP contribution >= 0.6 is 0 Å². The summed E-state index contributed by atoms with van der Waals surface area (Å²) in [6, 6.07) is 18.5. The van der Waals surface area contributed by atoms with Crippen molar-refractivity contribution in [2.24, 2.45) is 0 Å². The van der Waals surface area contributed by atoms with Crippen molar-refractivity contribution in [3.8, 4) is 28.7 Å². The maximum atomic E-state index is 14.3. The monoisotopic (exact) mass is 554 g/mol. The van der Waals surface area contributed by atoms with Gasteiger partial charge >= 0.3 is 0 Å². The molecule has 9 nitrogen and oxygen atoms in total. The molecule has 2 aliphatic heterocycles. The summed E-state index contributed by atoms with van der Waals surface area (Å²) in [5.41, 5.74) is -1.17. The SMILES string of the molecule is COc1cc(OC)c2c(c1)O[C@@]1(c3ccc(OC)c(OC)c3)C(c3ccccc3)c3c(nc4n(c3=O)CCC4)[C@@]21O. The topological polar surface area (TPSA) is 101 Å². The Morgan fingerprint density at radius 1 is 0.927 bits per heavy atom. The lowest BCUT2D eigenvalue weighted by atomic mass is 9.70. The Labute approximate surface area is 236 Å². The van der Waals surface area contributed by atoms with Gasteiger partial charge in [0, 0.05) is 30.7 Å². The van der Waals surface area contributed by atoms with E-state index in [0.717, 1.165) is 12.0 Å². The first-order chi connectivity index (χ1) is 19.9. The number of nitrogens with zero attached hydrogens (tertiary/aromatic N) is 2. The summed E-state index contributed by atoms with van der Waals surface area (Å²) >= 11 is 0. The highest BCUT2D eigenvalue weighted by Gasteiger charge is 2.74. The molecule has 3 atom stereocenters. The van der Waals surface area contributed by atoms with Gasteiger partial charge in [-0.05, 0) is 24.1 Å². The minimum atomic E-state index is -1.91. The third-order valence-electron chi connectivity index (χ3n) is 8.71. The van der Waals surface area contributed by atoms with Crippen molar-refractivity contribution >= 4 is 0 Å². The number of methoxy groups -OCH3 is 4. The first kappa shape index (κ1) is 25.5. The molecule has 0 spiro atoms. The first-order valence-corrected chi connectivity index (χ1v) is 13.5. The summed E-state index contributed by atoms with van der Waals surface area (Å²) < 4.78 is 31.4. The van der Waals surface area contributed by atoms with Gasteiger partial charge < -0.3 is 28.8 Å². The van der Waals surface area contributed by atoms with Crippen molar-refractivity contribution in [3.63, 3.8) is 0 Å². The summed E-state index contributed by atoms with van der Waals surface area (Å²) in [5.74, 6) is 2.15. The van der Waals surface area contributed by atoms with Gasteiger partial charge in [-0.25, -0.2) is 4.98 Å².